The Morgan fingerprint density at radius 3 is 2.86 bits per heavy atom. The normalized spacial score (nSPS) is 15.6. The lowest BCUT2D eigenvalue weighted by atomic mass is 10.1. The number of ketones is 1. The number of aromatic amines is 1. The summed E-state index contributed by atoms with van der Waals surface area (Å²) >= 11 is 0. The summed E-state index contributed by atoms with van der Waals surface area (Å²) < 4.78 is 6.90. The number of carbonyl (C=O) groups is 1. The van der Waals surface area contributed by atoms with E-state index in [1.807, 2.05) is 19.1 Å². The number of benzene rings is 1. The molecule has 0 atom stereocenters. The van der Waals surface area contributed by atoms with Crippen LogP contribution in [0.25, 0.3) is 22.0 Å². The van der Waals surface area contributed by atoms with Gasteiger partial charge in [-0.15, -0.1) is 0 Å². The monoisotopic (exact) mass is 284 g/mol. The Kier molecular flexibility index (Phi) is 2.58. The van der Waals surface area contributed by atoms with E-state index in [4.69, 9.17) is 4.42 Å². The topological polar surface area (TPSA) is 68.0 Å². The van der Waals surface area contributed by atoms with Crippen molar-refractivity contribution >= 4 is 27.8 Å². The summed E-state index contributed by atoms with van der Waals surface area (Å²) in [4.78, 5) is 27.2. The molecule has 3 aromatic rings. The van der Waals surface area contributed by atoms with Crippen molar-refractivity contribution in [1.82, 2.24) is 9.55 Å². The van der Waals surface area contributed by atoms with Crippen LogP contribution in [0.1, 0.15) is 42.2 Å². The molecule has 4 rings (SSSR count). The molecule has 0 spiro atoms. The van der Waals surface area contributed by atoms with Gasteiger partial charge in [-0.2, -0.15) is 0 Å². The second kappa shape index (κ2) is 4.35. The second-order valence-electron chi connectivity index (χ2n) is 5.59. The van der Waals surface area contributed by atoms with Crippen LogP contribution in [0.3, 0.4) is 0 Å². The van der Waals surface area contributed by atoms with Gasteiger partial charge >= 0.3 is 5.76 Å². The van der Waals surface area contributed by atoms with Gasteiger partial charge in [-0.3, -0.25) is 9.36 Å². The Balaban J connectivity index is 2.08. The number of hydrogen-bond donors (Lipinski definition) is 1. The minimum absolute atomic E-state index is 0.184. The van der Waals surface area contributed by atoms with E-state index in [1.165, 1.54) is 0 Å². The van der Waals surface area contributed by atoms with Crippen molar-refractivity contribution in [3.8, 4) is 0 Å². The quantitative estimate of drug-likeness (QED) is 0.698. The van der Waals surface area contributed by atoms with Crippen molar-refractivity contribution in [2.24, 2.45) is 0 Å². The van der Waals surface area contributed by atoms with E-state index < -0.39 is 0 Å². The van der Waals surface area contributed by atoms with Gasteiger partial charge in [0.05, 0.1) is 16.7 Å². The number of fused-ring (bicyclic) bond motifs is 4. The molecule has 0 fully saturated rings. The number of H-pyrrole nitrogens is 1. The maximum atomic E-state index is 12.2. The standard InChI is InChI=1S/C16H16N2O3/c1-2-18-12-7-10-9-5-3-4-6-13(19)15(9)17-11(10)8-14(12)21-16(18)20/h7-8,17H,2-6H2,1H3. The van der Waals surface area contributed by atoms with E-state index in [-0.39, 0.29) is 11.5 Å². The number of nitrogens with one attached hydrogen (secondary N) is 1. The number of rotatable bonds is 1. The number of aryl methyl sites for hydroxylation is 2. The summed E-state index contributed by atoms with van der Waals surface area (Å²) in [6, 6.07) is 3.81. The Morgan fingerprint density at radius 2 is 2.05 bits per heavy atom. The minimum Gasteiger partial charge on any atom is -0.408 e. The van der Waals surface area contributed by atoms with Gasteiger partial charge in [0.15, 0.2) is 11.4 Å². The minimum atomic E-state index is -0.331. The third kappa shape index (κ3) is 1.70. The van der Waals surface area contributed by atoms with Crippen molar-refractivity contribution in [3.63, 3.8) is 0 Å². The lowest BCUT2D eigenvalue weighted by Crippen LogP contribution is -2.11. The zero-order chi connectivity index (χ0) is 14.6. The summed E-state index contributed by atoms with van der Waals surface area (Å²) in [5.41, 5.74) is 4.07. The Morgan fingerprint density at radius 1 is 1.24 bits per heavy atom. The van der Waals surface area contributed by atoms with E-state index in [0.717, 1.165) is 46.9 Å². The summed E-state index contributed by atoms with van der Waals surface area (Å²) in [7, 11) is 0. The first-order valence-corrected chi connectivity index (χ1v) is 7.40. The van der Waals surface area contributed by atoms with Gasteiger partial charge in [-0.1, -0.05) is 0 Å². The predicted octanol–water partition coefficient (Wildman–Crippen LogP) is 3.00. The third-order valence-corrected chi connectivity index (χ3v) is 4.37. The van der Waals surface area contributed by atoms with Crippen LogP contribution in [0.5, 0.6) is 0 Å². The fraction of sp³-hybridized carbons (Fsp3) is 0.375. The first kappa shape index (κ1) is 12.4. The SMILES string of the molecule is CCn1c(=O)oc2cc3[nH]c4c(c3cc21)CCCCC4=O. The maximum absolute atomic E-state index is 12.2. The number of oxazole rings is 1. The van der Waals surface area contributed by atoms with Gasteiger partial charge in [-0.05, 0) is 37.8 Å². The van der Waals surface area contributed by atoms with Crippen molar-refractivity contribution in [1.29, 1.82) is 0 Å². The van der Waals surface area contributed by atoms with Gasteiger partial charge in [0.1, 0.15) is 0 Å². The molecule has 108 valence electrons. The smallest absolute Gasteiger partial charge is 0.408 e. The summed E-state index contributed by atoms with van der Waals surface area (Å²) in [6.45, 7) is 2.49. The molecule has 0 saturated carbocycles. The molecule has 0 aliphatic heterocycles. The van der Waals surface area contributed by atoms with Crippen molar-refractivity contribution < 1.29 is 9.21 Å². The maximum Gasteiger partial charge on any atom is 0.419 e. The van der Waals surface area contributed by atoms with Crippen LogP contribution < -0.4 is 5.76 Å². The predicted molar refractivity (Wildman–Crippen MR) is 79.9 cm³/mol. The molecule has 0 unspecified atom stereocenters. The molecule has 5 heteroatoms. The molecule has 0 saturated heterocycles. The van der Waals surface area contributed by atoms with Crippen LogP contribution in [0.15, 0.2) is 21.3 Å². The molecular weight excluding hydrogens is 268 g/mol. The molecule has 0 radical (unpaired) electrons. The van der Waals surface area contributed by atoms with Crippen LogP contribution in [0, 0.1) is 0 Å². The molecule has 21 heavy (non-hydrogen) atoms. The number of Topliss-reactive ketones (excluding diaryl/α,β-unsaturated/α-hetero) is 1. The first-order valence-electron chi connectivity index (χ1n) is 7.40. The summed E-state index contributed by atoms with van der Waals surface area (Å²) in [5.74, 6) is -0.148. The van der Waals surface area contributed by atoms with E-state index in [1.54, 1.807) is 4.57 Å². The molecule has 1 aliphatic carbocycles. The molecule has 2 aromatic heterocycles. The Hall–Kier alpha value is -2.30. The first-order chi connectivity index (χ1) is 10.2. The van der Waals surface area contributed by atoms with Gasteiger partial charge < -0.3 is 9.40 Å². The molecule has 5 nitrogen and oxygen atoms in total. The molecule has 1 aromatic carbocycles. The number of aromatic nitrogens is 2. The number of carbonyl (C=O) groups excluding carboxylic acids is 1. The van der Waals surface area contributed by atoms with Gasteiger partial charge in [0.2, 0.25) is 0 Å². The van der Waals surface area contributed by atoms with Crippen LogP contribution in [-0.4, -0.2) is 15.3 Å². The van der Waals surface area contributed by atoms with Crippen molar-refractivity contribution in [2.75, 3.05) is 0 Å². The zero-order valence-electron chi connectivity index (χ0n) is 11.9. The largest absolute Gasteiger partial charge is 0.419 e. The zero-order valence-corrected chi connectivity index (χ0v) is 11.9. The highest BCUT2D eigenvalue weighted by Gasteiger charge is 2.21. The average molecular weight is 284 g/mol. The number of nitrogens with zero attached hydrogens (tertiary/aromatic N) is 1. The lowest BCUT2D eigenvalue weighted by Gasteiger charge is -1.99. The van der Waals surface area contributed by atoms with Crippen LogP contribution >= 0.6 is 0 Å². The summed E-state index contributed by atoms with van der Waals surface area (Å²) in [5, 5.41) is 1.04. The lowest BCUT2D eigenvalue weighted by molar-refractivity contribution is 0.0978. The number of hydrogen-bond acceptors (Lipinski definition) is 3. The Labute approximate surface area is 120 Å². The van der Waals surface area contributed by atoms with Gasteiger partial charge in [0, 0.05) is 24.4 Å². The van der Waals surface area contributed by atoms with Gasteiger partial charge in [0.25, 0.3) is 0 Å². The van der Waals surface area contributed by atoms with E-state index >= 15 is 0 Å². The van der Waals surface area contributed by atoms with Crippen molar-refractivity contribution in [3.05, 3.63) is 33.9 Å². The van der Waals surface area contributed by atoms with E-state index in [9.17, 15) is 9.59 Å². The molecular formula is C16H16N2O3. The van der Waals surface area contributed by atoms with Crippen LogP contribution in [-0.2, 0) is 13.0 Å². The van der Waals surface area contributed by atoms with Gasteiger partial charge in [-0.25, -0.2) is 4.79 Å². The van der Waals surface area contributed by atoms with E-state index in [0.29, 0.717) is 18.5 Å². The fourth-order valence-electron chi connectivity index (χ4n) is 3.32. The third-order valence-electron chi connectivity index (χ3n) is 4.37. The molecule has 0 bridgehead atoms. The molecule has 0 amide bonds. The molecule has 1 aliphatic rings. The molecule has 2 heterocycles. The highest BCUT2D eigenvalue weighted by molar-refractivity contribution is 6.05. The van der Waals surface area contributed by atoms with Crippen molar-refractivity contribution in [2.45, 2.75) is 39.2 Å². The summed E-state index contributed by atoms with van der Waals surface area (Å²) in [6.07, 6.45) is 3.47. The molecule has 1 N–H and O–H groups in total. The fourth-order valence-corrected chi connectivity index (χ4v) is 3.32. The van der Waals surface area contributed by atoms with Crippen LogP contribution in [0.2, 0.25) is 0 Å². The van der Waals surface area contributed by atoms with Crippen LogP contribution in [0.4, 0.5) is 0 Å². The highest BCUT2D eigenvalue weighted by atomic mass is 16.4. The second-order valence-corrected chi connectivity index (χ2v) is 5.59. The highest BCUT2D eigenvalue weighted by Crippen LogP contribution is 2.31. The van der Waals surface area contributed by atoms with E-state index in [2.05, 4.69) is 4.98 Å². The average Bonchev–Trinajstić information content (AvgIpc) is 2.90. The Bertz CT molecular complexity index is 926.